The highest BCUT2D eigenvalue weighted by Crippen LogP contribution is 2.15. The third-order valence-corrected chi connectivity index (χ3v) is 3.47. The molecule has 0 unspecified atom stereocenters. The molecule has 0 radical (unpaired) electrons. The second kappa shape index (κ2) is 7.56. The fraction of sp³-hybridized carbons (Fsp3) is 0.222. The van der Waals surface area contributed by atoms with Crippen LogP contribution in [0.1, 0.15) is 22.8 Å². The van der Waals surface area contributed by atoms with Crippen molar-refractivity contribution in [3.05, 3.63) is 65.2 Å². The van der Waals surface area contributed by atoms with Crippen LogP contribution in [0.15, 0.2) is 48.5 Å². The molecule has 5 nitrogen and oxygen atoms in total. The van der Waals surface area contributed by atoms with Gasteiger partial charge in [0, 0.05) is 5.69 Å². The Morgan fingerprint density at radius 3 is 2.43 bits per heavy atom. The van der Waals surface area contributed by atoms with Crippen LogP contribution in [-0.2, 0) is 14.3 Å². The molecular weight excluding hydrogens is 294 g/mol. The van der Waals surface area contributed by atoms with Gasteiger partial charge in [-0.05, 0) is 42.7 Å². The highest BCUT2D eigenvalue weighted by Gasteiger charge is 2.19. The molecule has 0 aliphatic rings. The van der Waals surface area contributed by atoms with Gasteiger partial charge in [0.15, 0.2) is 12.7 Å². The Morgan fingerprint density at radius 2 is 1.78 bits per heavy atom. The Labute approximate surface area is 134 Å². The van der Waals surface area contributed by atoms with E-state index in [1.165, 1.54) is 0 Å². The Kier molecular flexibility index (Phi) is 5.49. The van der Waals surface area contributed by atoms with Gasteiger partial charge >= 0.3 is 5.97 Å². The first-order chi connectivity index (χ1) is 11.0. The van der Waals surface area contributed by atoms with E-state index in [1.807, 2.05) is 26.0 Å². The molecule has 0 fully saturated rings. The third kappa shape index (κ3) is 4.66. The molecule has 0 aromatic heterocycles. The highest BCUT2D eigenvalue weighted by atomic mass is 16.5. The Hall–Kier alpha value is -2.66. The SMILES string of the molecule is Cc1ccc(NC(=O)COC(=O)[C@H](O)c2ccccc2)cc1C. The summed E-state index contributed by atoms with van der Waals surface area (Å²) in [5, 5.41) is 12.5. The summed E-state index contributed by atoms with van der Waals surface area (Å²) in [6.07, 6.45) is -1.40. The number of aryl methyl sites for hydroxylation is 2. The standard InChI is InChI=1S/C18H19NO4/c1-12-8-9-15(10-13(12)2)19-16(20)11-23-18(22)17(21)14-6-4-3-5-7-14/h3-10,17,21H,11H2,1-2H3,(H,19,20)/t17-/m1/s1. The van der Waals surface area contributed by atoms with Gasteiger partial charge in [-0.25, -0.2) is 4.79 Å². The molecule has 0 spiro atoms. The number of nitrogens with one attached hydrogen (secondary N) is 1. The summed E-state index contributed by atoms with van der Waals surface area (Å²) in [7, 11) is 0. The van der Waals surface area contributed by atoms with Gasteiger partial charge in [0.2, 0.25) is 0 Å². The maximum absolute atomic E-state index is 11.8. The highest BCUT2D eigenvalue weighted by molar-refractivity contribution is 5.93. The smallest absolute Gasteiger partial charge is 0.340 e. The van der Waals surface area contributed by atoms with Gasteiger partial charge in [-0.15, -0.1) is 0 Å². The molecule has 0 saturated heterocycles. The van der Waals surface area contributed by atoms with Crippen LogP contribution in [0.4, 0.5) is 5.69 Å². The van der Waals surface area contributed by atoms with Gasteiger partial charge in [-0.2, -0.15) is 0 Å². The molecule has 2 aromatic rings. The number of hydrogen-bond donors (Lipinski definition) is 2. The molecule has 2 aromatic carbocycles. The van der Waals surface area contributed by atoms with Crippen molar-refractivity contribution in [3.8, 4) is 0 Å². The number of hydrogen-bond acceptors (Lipinski definition) is 4. The van der Waals surface area contributed by atoms with Crippen molar-refractivity contribution in [1.29, 1.82) is 0 Å². The van der Waals surface area contributed by atoms with Crippen molar-refractivity contribution in [2.24, 2.45) is 0 Å². The van der Waals surface area contributed by atoms with Crippen LogP contribution in [0.3, 0.4) is 0 Å². The van der Waals surface area contributed by atoms with Gasteiger partial charge in [0.05, 0.1) is 0 Å². The molecule has 2 rings (SSSR count). The maximum atomic E-state index is 11.8. The minimum absolute atomic E-state index is 0.423. The number of ether oxygens (including phenoxy) is 1. The van der Waals surface area contributed by atoms with E-state index in [0.29, 0.717) is 11.3 Å². The number of aliphatic hydroxyl groups is 1. The van der Waals surface area contributed by atoms with E-state index in [4.69, 9.17) is 4.74 Å². The normalized spacial score (nSPS) is 11.6. The van der Waals surface area contributed by atoms with Gasteiger partial charge < -0.3 is 15.2 Å². The van der Waals surface area contributed by atoms with Crippen LogP contribution < -0.4 is 5.32 Å². The van der Waals surface area contributed by atoms with Crippen LogP contribution in [0.2, 0.25) is 0 Å². The Balaban J connectivity index is 1.86. The van der Waals surface area contributed by atoms with E-state index in [9.17, 15) is 14.7 Å². The number of amides is 1. The molecule has 0 bridgehead atoms. The predicted octanol–water partition coefficient (Wildman–Crippen LogP) is 2.52. The number of aliphatic hydroxyl groups excluding tert-OH is 1. The Morgan fingerprint density at radius 1 is 1.09 bits per heavy atom. The molecule has 23 heavy (non-hydrogen) atoms. The fourth-order valence-electron chi connectivity index (χ4n) is 2.00. The summed E-state index contributed by atoms with van der Waals surface area (Å²) in [5.41, 5.74) is 3.24. The first-order valence-corrected chi connectivity index (χ1v) is 7.24. The number of anilines is 1. The lowest BCUT2D eigenvalue weighted by molar-refractivity contribution is -0.156. The number of rotatable bonds is 5. The molecular formula is C18H19NO4. The lowest BCUT2D eigenvalue weighted by Gasteiger charge is -2.11. The summed E-state index contributed by atoms with van der Waals surface area (Å²) >= 11 is 0. The van der Waals surface area contributed by atoms with Crippen molar-refractivity contribution in [2.45, 2.75) is 20.0 Å². The summed E-state index contributed by atoms with van der Waals surface area (Å²) in [4.78, 5) is 23.5. The monoisotopic (exact) mass is 313 g/mol. The van der Waals surface area contributed by atoms with E-state index in [1.54, 1.807) is 36.4 Å². The molecule has 0 saturated carbocycles. The van der Waals surface area contributed by atoms with Crippen molar-refractivity contribution < 1.29 is 19.4 Å². The quantitative estimate of drug-likeness (QED) is 0.832. The van der Waals surface area contributed by atoms with Crippen LogP contribution in [0, 0.1) is 13.8 Å². The van der Waals surface area contributed by atoms with Crippen LogP contribution in [0.25, 0.3) is 0 Å². The van der Waals surface area contributed by atoms with E-state index >= 15 is 0 Å². The fourth-order valence-corrected chi connectivity index (χ4v) is 2.00. The second-order valence-electron chi connectivity index (χ2n) is 5.27. The number of benzene rings is 2. The van der Waals surface area contributed by atoms with Gasteiger partial charge in [0.25, 0.3) is 5.91 Å². The third-order valence-electron chi connectivity index (χ3n) is 3.47. The zero-order valence-electron chi connectivity index (χ0n) is 13.1. The summed E-state index contributed by atoms with van der Waals surface area (Å²) in [6.45, 7) is 3.48. The maximum Gasteiger partial charge on any atom is 0.340 e. The lowest BCUT2D eigenvalue weighted by Crippen LogP contribution is -2.24. The largest absolute Gasteiger partial charge is 0.453 e. The zero-order valence-corrected chi connectivity index (χ0v) is 13.1. The predicted molar refractivity (Wildman–Crippen MR) is 86.9 cm³/mol. The molecule has 1 amide bonds. The molecule has 0 heterocycles. The van der Waals surface area contributed by atoms with Crippen molar-refractivity contribution in [3.63, 3.8) is 0 Å². The zero-order chi connectivity index (χ0) is 16.8. The van der Waals surface area contributed by atoms with Gasteiger partial charge in [0.1, 0.15) is 0 Å². The van der Waals surface area contributed by atoms with Crippen LogP contribution in [-0.4, -0.2) is 23.6 Å². The number of carbonyl (C=O) groups is 2. The van der Waals surface area contributed by atoms with Gasteiger partial charge in [-0.1, -0.05) is 36.4 Å². The van der Waals surface area contributed by atoms with Crippen LogP contribution in [0.5, 0.6) is 0 Å². The molecule has 120 valence electrons. The summed E-state index contributed by atoms with van der Waals surface area (Å²) < 4.78 is 4.85. The van der Waals surface area contributed by atoms with Crippen molar-refractivity contribution in [1.82, 2.24) is 0 Å². The molecule has 2 N–H and O–H groups in total. The minimum Gasteiger partial charge on any atom is -0.453 e. The van der Waals surface area contributed by atoms with Gasteiger partial charge in [-0.3, -0.25) is 4.79 Å². The molecule has 5 heteroatoms. The average molecular weight is 313 g/mol. The second-order valence-corrected chi connectivity index (χ2v) is 5.27. The van der Waals surface area contributed by atoms with Crippen LogP contribution >= 0.6 is 0 Å². The van der Waals surface area contributed by atoms with E-state index in [2.05, 4.69) is 5.32 Å². The molecule has 0 aliphatic carbocycles. The summed E-state index contributed by atoms with van der Waals surface area (Å²) in [6, 6.07) is 13.9. The number of esters is 1. The first-order valence-electron chi connectivity index (χ1n) is 7.24. The van der Waals surface area contributed by atoms with E-state index < -0.39 is 24.6 Å². The summed E-state index contributed by atoms with van der Waals surface area (Å²) in [5.74, 6) is -1.31. The lowest BCUT2D eigenvalue weighted by atomic mass is 10.1. The Bertz CT molecular complexity index is 697. The minimum atomic E-state index is -1.40. The topological polar surface area (TPSA) is 75.6 Å². The number of carbonyl (C=O) groups excluding carboxylic acids is 2. The van der Waals surface area contributed by atoms with E-state index in [0.717, 1.165) is 11.1 Å². The first kappa shape index (κ1) is 16.7. The van der Waals surface area contributed by atoms with Crippen molar-refractivity contribution >= 4 is 17.6 Å². The molecule has 1 atom stereocenters. The van der Waals surface area contributed by atoms with Crippen molar-refractivity contribution in [2.75, 3.05) is 11.9 Å². The average Bonchev–Trinajstić information content (AvgIpc) is 2.56. The van der Waals surface area contributed by atoms with E-state index in [-0.39, 0.29) is 0 Å². The molecule has 0 aliphatic heterocycles.